The Morgan fingerprint density at radius 3 is 2.04 bits per heavy atom. The van der Waals surface area contributed by atoms with E-state index in [1.807, 2.05) is 0 Å². The minimum Gasteiger partial charge on any atom is -0.337 e. The second kappa shape index (κ2) is 10.5. The first kappa shape index (κ1) is 27.5. The van der Waals surface area contributed by atoms with E-state index in [9.17, 15) is 0 Å². The van der Waals surface area contributed by atoms with E-state index in [1.165, 1.54) is 122 Å². The van der Waals surface area contributed by atoms with Gasteiger partial charge in [-0.05, 0) is 104 Å². The van der Waals surface area contributed by atoms with Crippen molar-refractivity contribution in [3.63, 3.8) is 0 Å². The van der Waals surface area contributed by atoms with Crippen LogP contribution >= 0.6 is 0 Å². The minimum absolute atomic E-state index is 0.611. The largest absolute Gasteiger partial charge is 0.337 e. The van der Waals surface area contributed by atoms with Crippen LogP contribution in [0.3, 0.4) is 0 Å². The topological polar surface area (TPSA) is 18.8 Å². The van der Waals surface area contributed by atoms with Crippen molar-refractivity contribution >= 4 is 18.1 Å². The van der Waals surface area contributed by atoms with E-state index in [0.29, 0.717) is 6.04 Å². The predicted molar refractivity (Wildman–Crippen MR) is 185 cm³/mol. The van der Waals surface area contributed by atoms with Crippen LogP contribution in [0, 0.1) is 47.3 Å². The van der Waals surface area contributed by atoms with Crippen LogP contribution in [-0.4, -0.2) is 52.7 Å². The Kier molecular flexibility index (Phi) is 6.43. The Hall–Kier alpha value is -1.45. The van der Waals surface area contributed by atoms with Crippen LogP contribution in [0.25, 0.3) is 0 Å². The molecule has 15 atom stereocenters. The molecule has 15 unspecified atom stereocenters. The third-order valence-corrected chi connectivity index (χ3v) is 17.2. The third kappa shape index (κ3) is 3.81. The standard InChI is InChI=1S/C41H58BN3/c1-2-13-27(14-3-1)42-33-23-21-26-12-10-20-34-36(26)40(33)45(35-24-22-25-11-4-5-15-28(25)37(35)42)41-43-38-31-18-8-6-16-29(31)30-17-7-9-19-32(30)39(38)44(34)41/h1-3,13-14,25-26,28-40H,4-12,15-24H2. The van der Waals surface area contributed by atoms with Gasteiger partial charge in [-0.3, -0.25) is 0 Å². The highest BCUT2D eigenvalue weighted by atomic mass is 15.5. The van der Waals surface area contributed by atoms with E-state index < -0.39 is 0 Å². The number of nitrogens with zero attached hydrogens (tertiary/aromatic N) is 3. The van der Waals surface area contributed by atoms with E-state index in [0.717, 1.165) is 89.9 Å². The molecular weight excluding hydrogens is 545 g/mol. The Labute approximate surface area is 273 Å². The summed E-state index contributed by atoms with van der Waals surface area (Å²) >= 11 is 0. The molecule has 10 aliphatic rings. The molecular formula is C41H58BN3. The monoisotopic (exact) mass is 603 g/mol. The van der Waals surface area contributed by atoms with Crippen molar-refractivity contribution < 1.29 is 0 Å². The lowest BCUT2D eigenvalue weighted by molar-refractivity contribution is -0.0925. The highest BCUT2D eigenvalue weighted by Gasteiger charge is 2.68. The molecule has 2 saturated heterocycles. The third-order valence-electron chi connectivity index (χ3n) is 17.2. The summed E-state index contributed by atoms with van der Waals surface area (Å²) in [6, 6.07) is 15.8. The molecule has 0 spiro atoms. The molecule has 0 N–H and O–H groups in total. The van der Waals surface area contributed by atoms with Crippen LogP contribution in [0.5, 0.6) is 0 Å². The Bertz CT molecular complexity index is 1310. The maximum Gasteiger partial charge on any atom is 0.198 e. The second-order valence-electron chi connectivity index (χ2n) is 18.4. The summed E-state index contributed by atoms with van der Waals surface area (Å²) in [5, 5.41) is 0. The number of benzene rings is 1. The maximum atomic E-state index is 6.23. The SMILES string of the molecule is c1ccc(B2C3CCC4CCCC5C4C3N(C3=NC4C6CCCCC6C6CCCCC6C4N35)C3CCC4CCCCC4C23)cc1. The molecule has 9 fully saturated rings. The fraction of sp³-hybridized carbons (Fsp3) is 0.829. The highest BCUT2D eigenvalue weighted by Crippen LogP contribution is 2.64. The molecule has 7 saturated carbocycles. The van der Waals surface area contributed by atoms with E-state index in [-0.39, 0.29) is 0 Å². The van der Waals surface area contributed by atoms with Crippen molar-refractivity contribution in [1.29, 1.82) is 0 Å². The van der Waals surface area contributed by atoms with Gasteiger partial charge in [-0.15, -0.1) is 0 Å². The molecule has 1 aromatic rings. The average molecular weight is 604 g/mol. The second-order valence-corrected chi connectivity index (χ2v) is 18.4. The van der Waals surface area contributed by atoms with Crippen molar-refractivity contribution in [3.8, 4) is 0 Å². The van der Waals surface area contributed by atoms with Gasteiger partial charge in [0.2, 0.25) is 0 Å². The van der Waals surface area contributed by atoms with Gasteiger partial charge in [-0.25, -0.2) is 4.99 Å². The van der Waals surface area contributed by atoms with Crippen LogP contribution in [-0.2, 0) is 0 Å². The molecule has 0 amide bonds. The zero-order chi connectivity index (χ0) is 29.2. The number of hydrogen-bond donors (Lipinski definition) is 0. The van der Waals surface area contributed by atoms with E-state index in [2.05, 4.69) is 40.1 Å². The van der Waals surface area contributed by atoms with Gasteiger partial charge in [0.15, 0.2) is 12.7 Å². The molecule has 7 aliphatic carbocycles. The van der Waals surface area contributed by atoms with E-state index in [4.69, 9.17) is 4.99 Å². The quantitative estimate of drug-likeness (QED) is 0.300. The summed E-state index contributed by atoms with van der Waals surface area (Å²) in [7, 11) is 0. The normalized spacial score (nSPS) is 51.0. The Morgan fingerprint density at radius 1 is 0.533 bits per heavy atom. The maximum absolute atomic E-state index is 6.23. The smallest absolute Gasteiger partial charge is 0.198 e. The lowest BCUT2D eigenvalue weighted by Gasteiger charge is -2.69. The predicted octanol–water partition coefficient (Wildman–Crippen LogP) is 8.41. The van der Waals surface area contributed by atoms with Gasteiger partial charge in [-0.2, -0.15) is 0 Å². The summed E-state index contributed by atoms with van der Waals surface area (Å²) in [6.45, 7) is 0.771. The fourth-order valence-corrected chi connectivity index (χ4v) is 16.1. The molecule has 3 aliphatic heterocycles. The van der Waals surface area contributed by atoms with Crippen molar-refractivity contribution in [2.45, 2.75) is 164 Å². The molecule has 0 radical (unpaired) electrons. The highest BCUT2D eigenvalue weighted by molar-refractivity contribution is 6.76. The molecule has 3 nitrogen and oxygen atoms in total. The Balaban J connectivity index is 1.08. The molecule has 45 heavy (non-hydrogen) atoms. The number of fused-ring (bicyclic) bond motifs is 14. The van der Waals surface area contributed by atoms with Crippen molar-refractivity contribution in [1.82, 2.24) is 9.80 Å². The van der Waals surface area contributed by atoms with Gasteiger partial charge in [0.25, 0.3) is 0 Å². The van der Waals surface area contributed by atoms with Gasteiger partial charge < -0.3 is 9.80 Å². The van der Waals surface area contributed by atoms with E-state index >= 15 is 0 Å². The summed E-state index contributed by atoms with van der Waals surface area (Å²) in [4.78, 5) is 12.7. The molecule has 1 aromatic carbocycles. The van der Waals surface area contributed by atoms with Crippen molar-refractivity contribution in [2.75, 3.05) is 0 Å². The van der Waals surface area contributed by atoms with Gasteiger partial charge in [0, 0.05) is 24.0 Å². The van der Waals surface area contributed by atoms with Crippen LogP contribution < -0.4 is 5.46 Å². The lowest BCUT2D eigenvalue weighted by Crippen LogP contribution is -2.77. The fourth-order valence-electron chi connectivity index (χ4n) is 16.1. The first-order chi connectivity index (χ1) is 22.4. The summed E-state index contributed by atoms with van der Waals surface area (Å²) in [6.07, 6.45) is 28.4. The molecule has 0 aromatic heterocycles. The zero-order valence-corrected chi connectivity index (χ0v) is 27.9. The zero-order valence-electron chi connectivity index (χ0n) is 27.9. The number of aliphatic imine (C=N–C) groups is 1. The van der Waals surface area contributed by atoms with Crippen LogP contribution in [0.1, 0.15) is 122 Å². The summed E-state index contributed by atoms with van der Waals surface area (Å²) < 4.78 is 0. The molecule has 4 heteroatoms. The minimum atomic E-state index is 0.611. The van der Waals surface area contributed by atoms with E-state index in [1.54, 1.807) is 11.4 Å². The average Bonchev–Trinajstić information content (AvgIpc) is 3.52. The van der Waals surface area contributed by atoms with Gasteiger partial charge in [0.05, 0.1) is 12.1 Å². The summed E-state index contributed by atoms with van der Waals surface area (Å²) in [5.74, 6) is 10.8. The first-order valence-electron chi connectivity index (χ1n) is 20.6. The van der Waals surface area contributed by atoms with Gasteiger partial charge >= 0.3 is 0 Å². The van der Waals surface area contributed by atoms with Crippen molar-refractivity contribution in [2.24, 2.45) is 52.3 Å². The molecule has 0 bridgehead atoms. The van der Waals surface area contributed by atoms with Crippen molar-refractivity contribution in [3.05, 3.63) is 30.3 Å². The molecule has 3 heterocycles. The number of guanidine groups is 1. The molecule has 240 valence electrons. The number of rotatable bonds is 1. The van der Waals surface area contributed by atoms with Crippen LogP contribution in [0.4, 0.5) is 0 Å². The lowest BCUT2D eigenvalue weighted by atomic mass is 9.21. The Morgan fingerprint density at radius 2 is 1.20 bits per heavy atom. The summed E-state index contributed by atoms with van der Waals surface area (Å²) in [5.41, 5.74) is 1.72. The van der Waals surface area contributed by atoms with Crippen LogP contribution in [0.2, 0.25) is 11.6 Å². The first-order valence-corrected chi connectivity index (χ1v) is 20.6. The molecule has 11 rings (SSSR count). The van der Waals surface area contributed by atoms with Gasteiger partial charge in [0.1, 0.15) is 0 Å². The van der Waals surface area contributed by atoms with Gasteiger partial charge in [-0.1, -0.05) is 106 Å². The number of hydrogen-bond acceptors (Lipinski definition) is 3. The van der Waals surface area contributed by atoms with Crippen LogP contribution in [0.15, 0.2) is 35.3 Å².